The maximum Gasteiger partial charge on any atom is 0.258 e. The van der Waals surface area contributed by atoms with Gasteiger partial charge in [0, 0.05) is 13.1 Å². The molecule has 0 spiro atoms. The van der Waals surface area contributed by atoms with Crippen molar-refractivity contribution < 1.29 is 9.18 Å². The highest BCUT2D eigenvalue weighted by atomic mass is 35.5. The minimum absolute atomic E-state index is 0.0993. The number of carbonyl (C=O) groups excluding carboxylic acids is 1. The average Bonchev–Trinajstić information content (AvgIpc) is 2.38. The predicted octanol–water partition coefficient (Wildman–Crippen LogP) is 2.85. The molecule has 0 N–H and O–H groups in total. The zero-order valence-electron chi connectivity index (χ0n) is 9.70. The summed E-state index contributed by atoms with van der Waals surface area (Å²) in [6.45, 7) is 0.891. The summed E-state index contributed by atoms with van der Waals surface area (Å²) in [7, 11) is 0. The minimum Gasteiger partial charge on any atom is -0.337 e. The number of hydrogen-bond donors (Lipinski definition) is 0. The summed E-state index contributed by atoms with van der Waals surface area (Å²) in [4.78, 5) is 13.7. The molecule has 94 valence electrons. The second kappa shape index (κ2) is 5.36. The Morgan fingerprint density at radius 2 is 2.33 bits per heavy atom. The molecular formula is C13H12ClFN2O. The monoisotopic (exact) mass is 266 g/mol. The molecule has 1 aliphatic rings. The Morgan fingerprint density at radius 3 is 3.00 bits per heavy atom. The Hall–Kier alpha value is -1.60. The number of benzene rings is 1. The normalized spacial score (nSPS) is 19.4. The molecule has 0 saturated carbocycles. The first kappa shape index (κ1) is 12.8. The predicted molar refractivity (Wildman–Crippen MR) is 65.7 cm³/mol. The van der Waals surface area contributed by atoms with Gasteiger partial charge in [0.05, 0.1) is 22.6 Å². The van der Waals surface area contributed by atoms with Gasteiger partial charge < -0.3 is 4.90 Å². The van der Waals surface area contributed by atoms with Gasteiger partial charge in [0.25, 0.3) is 5.91 Å². The number of nitriles is 1. The van der Waals surface area contributed by atoms with Crippen molar-refractivity contribution in [2.45, 2.75) is 12.8 Å². The van der Waals surface area contributed by atoms with Crippen LogP contribution in [0.5, 0.6) is 0 Å². The van der Waals surface area contributed by atoms with E-state index in [0.29, 0.717) is 13.1 Å². The summed E-state index contributed by atoms with van der Waals surface area (Å²) in [5.74, 6) is -1.22. The fourth-order valence-electron chi connectivity index (χ4n) is 2.13. The second-order valence-electron chi connectivity index (χ2n) is 4.32. The number of amides is 1. The maximum absolute atomic E-state index is 13.6. The number of halogens is 2. The zero-order valence-corrected chi connectivity index (χ0v) is 10.5. The molecule has 1 atom stereocenters. The standard InChI is InChI=1S/C13H12ClFN2O/c14-10-4-1-5-11(15)12(10)13(18)17-6-2-3-9(7-16)8-17/h1,4-5,9H,2-3,6,8H2. The molecule has 5 heteroatoms. The van der Waals surface area contributed by atoms with E-state index in [9.17, 15) is 9.18 Å². The van der Waals surface area contributed by atoms with Crippen LogP contribution in [0.1, 0.15) is 23.2 Å². The van der Waals surface area contributed by atoms with Gasteiger partial charge in [-0.3, -0.25) is 4.79 Å². The molecule has 18 heavy (non-hydrogen) atoms. The summed E-state index contributed by atoms with van der Waals surface area (Å²) >= 11 is 5.86. The third kappa shape index (κ3) is 2.46. The van der Waals surface area contributed by atoms with Crippen molar-refractivity contribution in [1.82, 2.24) is 4.90 Å². The highest BCUT2D eigenvalue weighted by Crippen LogP contribution is 2.24. The quantitative estimate of drug-likeness (QED) is 0.784. The van der Waals surface area contributed by atoms with Gasteiger partial charge in [0.1, 0.15) is 5.82 Å². The molecule has 1 unspecified atom stereocenters. The molecule has 0 aliphatic carbocycles. The summed E-state index contributed by atoms with van der Waals surface area (Å²) in [6.07, 6.45) is 1.54. The van der Waals surface area contributed by atoms with Gasteiger partial charge >= 0.3 is 0 Å². The van der Waals surface area contributed by atoms with Crippen LogP contribution in [0.25, 0.3) is 0 Å². The lowest BCUT2D eigenvalue weighted by molar-refractivity contribution is 0.0694. The lowest BCUT2D eigenvalue weighted by Crippen LogP contribution is -2.40. The zero-order chi connectivity index (χ0) is 13.1. The maximum atomic E-state index is 13.6. The molecule has 0 bridgehead atoms. The Kier molecular flexibility index (Phi) is 3.83. The molecule has 0 aromatic heterocycles. The van der Waals surface area contributed by atoms with Crippen molar-refractivity contribution in [1.29, 1.82) is 5.26 Å². The number of likely N-dealkylation sites (tertiary alicyclic amines) is 1. The van der Waals surface area contributed by atoms with Crippen LogP contribution >= 0.6 is 11.6 Å². The van der Waals surface area contributed by atoms with Gasteiger partial charge in [0.2, 0.25) is 0 Å². The van der Waals surface area contributed by atoms with E-state index in [-0.39, 0.29) is 16.5 Å². The third-order valence-corrected chi connectivity index (χ3v) is 3.38. The molecule has 1 fully saturated rings. The van der Waals surface area contributed by atoms with Crippen molar-refractivity contribution in [3.63, 3.8) is 0 Å². The van der Waals surface area contributed by atoms with Crippen LogP contribution in [-0.4, -0.2) is 23.9 Å². The topological polar surface area (TPSA) is 44.1 Å². The van der Waals surface area contributed by atoms with Gasteiger partial charge in [-0.05, 0) is 25.0 Å². The van der Waals surface area contributed by atoms with Gasteiger partial charge in [0.15, 0.2) is 0 Å². The first-order chi connectivity index (χ1) is 8.63. The van der Waals surface area contributed by atoms with Crippen molar-refractivity contribution in [3.05, 3.63) is 34.6 Å². The van der Waals surface area contributed by atoms with Crippen LogP contribution in [0.2, 0.25) is 5.02 Å². The number of piperidine rings is 1. The number of carbonyl (C=O) groups is 1. The Labute approximate surface area is 110 Å². The lowest BCUT2D eigenvalue weighted by Gasteiger charge is -2.29. The van der Waals surface area contributed by atoms with E-state index >= 15 is 0 Å². The van der Waals surface area contributed by atoms with Crippen LogP contribution in [0.4, 0.5) is 4.39 Å². The molecule has 1 aliphatic heterocycles. The Balaban J connectivity index is 2.24. The fraction of sp³-hybridized carbons (Fsp3) is 0.385. The van der Waals surface area contributed by atoms with Crippen LogP contribution in [0.3, 0.4) is 0 Å². The first-order valence-corrected chi connectivity index (χ1v) is 6.14. The molecule has 1 aromatic rings. The van der Waals surface area contributed by atoms with Crippen molar-refractivity contribution in [3.8, 4) is 6.07 Å². The Morgan fingerprint density at radius 1 is 1.56 bits per heavy atom. The SMILES string of the molecule is N#CC1CCCN(C(=O)c2c(F)cccc2Cl)C1. The number of hydrogen-bond acceptors (Lipinski definition) is 2. The van der Waals surface area contributed by atoms with E-state index in [1.54, 1.807) is 0 Å². The highest BCUT2D eigenvalue weighted by molar-refractivity contribution is 6.33. The van der Waals surface area contributed by atoms with E-state index in [1.807, 2.05) is 0 Å². The van der Waals surface area contributed by atoms with Gasteiger partial charge in [-0.25, -0.2) is 4.39 Å². The smallest absolute Gasteiger partial charge is 0.258 e. The van der Waals surface area contributed by atoms with Crippen molar-refractivity contribution in [2.24, 2.45) is 5.92 Å². The molecule has 1 heterocycles. The van der Waals surface area contributed by atoms with Crippen LogP contribution in [0.15, 0.2) is 18.2 Å². The first-order valence-electron chi connectivity index (χ1n) is 5.76. The van der Waals surface area contributed by atoms with E-state index in [0.717, 1.165) is 12.8 Å². The summed E-state index contributed by atoms with van der Waals surface area (Å²) in [5, 5.41) is 8.99. The van der Waals surface area contributed by atoms with Crippen LogP contribution in [-0.2, 0) is 0 Å². The summed E-state index contributed by atoms with van der Waals surface area (Å²) in [5.41, 5.74) is -0.0993. The minimum atomic E-state index is -0.619. The molecule has 1 aromatic carbocycles. The lowest BCUT2D eigenvalue weighted by atomic mass is 9.99. The largest absolute Gasteiger partial charge is 0.337 e. The van der Waals surface area contributed by atoms with Gasteiger partial charge in [-0.2, -0.15) is 5.26 Å². The molecule has 3 nitrogen and oxygen atoms in total. The second-order valence-corrected chi connectivity index (χ2v) is 4.72. The van der Waals surface area contributed by atoms with Crippen LogP contribution < -0.4 is 0 Å². The van der Waals surface area contributed by atoms with Gasteiger partial charge in [-0.1, -0.05) is 17.7 Å². The Bertz CT molecular complexity index is 492. The number of nitrogens with zero attached hydrogens (tertiary/aromatic N) is 2. The summed E-state index contributed by atoms with van der Waals surface area (Å²) < 4.78 is 13.6. The fourth-order valence-corrected chi connectivity index (χ4v) is 2.37. The van der Waals surface area contributed by atoms with E-state index in [1.165, 1.54) is 23.1 Å². The summed E-state index contributed by atoms with van der Waals surface area (Å²) in [6, 6.07) is 6.31. The number of rotatable bonds is 1. The van der Waals surface area contributed by atoms with E-state index < -0.39 is 11.7 Å². The van der Waals surface area contributed by atoms with Gasteiger partial charge in [-0.15, -0.1) is 0 Å². The molecular weight excluding hydrogens is 255 g/mol. The molecule has 1 saturated heterocycles. The average molecular weight is 267 g/mol. The highest BCUT2D eigenvalue weighted by Gasteiger charge is 2.27. The molecule has 0 radical (unpaired) electrons. The third-order valence-electron chi connectivity index (χ3n) is 3.07. The van der Waals surface area contributed by atoms with Crippen LogP contribution in [0, 0.1) is 23.1 Å². The molecule has 2 rings (SSSR count). The van der Waals surface area contributed by atoms with E-state index in [2.05, 4.69) is 6.07 Å². The van der Waals surface area contributed by atoms with Crippen molar-refractivity contribution in [2.75, 3.05) is 13.1 Å². The van der Waals surface area contributed by atoms with E-state index in [4.69, 9.17) is 16.9 Å². The molecule has 1 amide bonds. The van der Waals surface area contributed by atoms with Crippen molar-refractivity contribution >= 4 is 17.5 Å².